The molecule has 20 heavy (non-hydrogen) atoms. The number of nitrogens with one attached hydrogen (secondary N) is 1. The lowest BCUT2D eigenvalue weighted by Crippen LogP contribution is -2.18. The smallest absolute Gasteiger partial charge is 0.131 e. The van der Waals surface area contributed by atoms with E-state index in [1.165, 1.54) is 0 Å². The van der Waals surface area contributed by atoms with Crippen molar-refractivity contribution < 1.29 is 0 Å². The standard InChI is InChI=1S/C15H23N5/c1-6-16-8-13-14(9-17-15(18-13)10(2)3)20-12(5)7-11(4)19-20/h7,9-10,16H,6,8H2,1-5H3. The average molecular weight is 273 g/mol. The van der Waals surface area contributed by atoms with Gasteiger partial charge in [-0.3, -0.25) is 0 Å². The third-order valence-electron chi connectivity index (χ3n) is 3.16. The van der Waals surface area contributed by atoms with Gasteiger partial charge in [0.05, 0.1) is 17.6 Å². The maximum atomic E-state index is 4.70. The number of hydrogen-bond donors (Lipinski definition) is 1. The third-order valence-corrected chi connectivity index (χ3v) is 3.16. The number of nitrogens with zero attached hydrogens (tertiary/aromatic N) is 4. The van der Waals surface area contributed by atoms with E-state index in [-0.39, 0.29) is 0 Å². The summed E-state index contributed by atoms with van der Waals surface area (Å²) in [6.45, 7) is 12.0. The Bertz CT molecular complexity index is 586. The molecule has 2 heterocycles. The molecule has 0 fully saturated rings. The molecule has 1 N–H and O–H groups in total. The Labute approximate surface area is 120 Å². The third kappa shape index (κ3) is 3.04. The average Bonchev–Trinajstić information content (AvgIpc) is 2.74. The summed E-state index contributed by atoms with van der Waals surface area (Å²) in [5.74, 6) is 1.20. The SMILES string of the molecule is CCNCc1nc(C(C)C)ncc1-n1nc(C)cc1C. The Morgan fingerprint density at radius 1 is 1.30 bits per heavy atom. The molecule has 0 radical (unpaired) electrons. The van der Waals surface area contributed by atoms with Crippen molar-refractivity contribution in [2.45, 2.75) is 47.1 Å². The summed E-state index contributed by atoms with van der Waals surface area (Å²) >= 11 is 0. The van der Waals surface area contributed by atoms with Crippen molar-refractivity contribution in [1.29, 1.82) is 0 Å². The van der Waals surface area contributed by atoms with Crippen LogP contribution in [0.3, 0.4) is 0 Å². The van der Waals surface area contributed by atoms with Gasteiger partial charge in [0.1, 0.15) is 11.5 Å². The Balaban J connectivity index is 2.48. The second-order valence-corrected chi connectivity index (χ2v) is 5.33. The molecule has 108 valence electrons. The minimum absolute atomic E-state index is 0.324. The highest BCUT2D eigenvalue weighted by Crippen LogP contribution is 2.17. The summed E-state index contributed by atoms with van der Waals surface area (Å²) in [6.07, 6.45) is 1.88. The molecular weight excluding hydrogens is 250 g/mol. The largest absolute Gasteiger partial charge is 0.311 e. The molecule has 0 aliphatic carbocycles. The van der Waals surface area contributed by atoms with Gasteiger partial charge in [0.2, 0.25) is 0 Å². The molecule has 0 aliphatic heterocycles. The van der Waals surface area contributed by atoms with Gasteiger partial charge >= 0.3 is 0 Å². The topological polar surface area (TPSA) is 55.6 Å². The van der Waals surface area contributed by atoms with Crippen LogP contribution in [0.15, 0.2) is 12.3 Å². The van der Waals surface area contributed by atoms with Crippen LogP contribution in [0.2, 0.25) is 0 Å². The monoisotopic (exact) mass is 273 g/mol. The maximum absolute atomic E-state index is 4.70. The lowest BCUT2D eigenvalue weighted by Gasteiger charge is -2.13. The minimum Gasteiger partial charge on any atom is -0.311 e. The number of rotatable bonds is 5. The summed E-state index contributed by atoms with van der Waals surface area (Å²) in [5.41, 5.74) is 4.06. The maximum Gasteiger partial charge on any atom is 0.131 e. The molecule has 2 aromatic heterocycles. The lowest BCUT2D eigenvalue weighted by molar-refractivity contribution is 0.670. The first-order valence-corrected chi connectivity index (χ1v) is 7.13. The Morgan fingerprint density at radius 3 is 2.60 bits per heavy atom. The molecular formula is C15H23N5. The molecule has 0 saturated carbocycles. The van der Waals surface area contributed by atoms with Gasteiger partial charge in [-0.05, 0) is 26.5 Å². The predicted molar refractivity (Wildman–Crippen MR) is 80.1 cm³/mol. The van der Waals surface area contributed by atoms with E-state index in [2.05, 4.69) is 42.2 Å². The van der Waals surface area contributed by atoms with Crippen molar-refractivity contribution in [3.05, 3.63) is 35.2 Å². The fourth-order valence-corrected chi connectivity index (χ4v) is 2.13. The predicted octanol–water partition coefficient (Wildman–Crippen LogP) is 2.51. The molecule has 5 heteroatoms. The van der Waals surface area contributed by atoms with Gasteiger partial charge in [-0.2, -0.15) is 5.10 Å². The molecule has 0 amide bonds. The van der Waals surface area contributed by atoms with Gasteiger partial charge in [0.15, 0.2) is 0 Å². The van der Waals surface area contributed by atoms with Crippen LogP contribution in [-0.2, 0) is 6.54 Å². The van der Waals surface area contributed by atoms with Gasteiger partial charge in [-0.15, -0.1) is 0 Å². The molecule has 0 atom stereocenters. The van der Waals surface area contributed by atoms with E-state index < -0.39 is 0 Å². The Kier molecular flexibility index (Phi) is 4.49. The molecule has 0 unspecified atom stereocenters. The highest BCUT2D eigenvalue weighted by molar-refractivity contribution is 5.36. The van der Waals surface area contributed by atoms with E-state index in [4.69, 9.17) is 4.98 Å². The van der Waals surface area contributed by atoms with E-state index >= 15 is 0 Å². The van der Waals surface area contributed by atoms with Crippen LogP contribution in [0, 0.1) is 13.8 Å². The van der Waals surface area contributed by atoms with Gasteiger partial charge in [-0.1, -0.05) is 20.8 Å². The van der Waals surface area contributed by atoms with Crippen LogP contribution >= 0.6 is 0 Å². The second kappa shape index (κ2) is 6.13. The van der Waals surface area contributed by atoms with Gasteiger partial charge in [-0.25, -0.2) is 14.6 Å². The molecule has 0 aromatic carbocycles. The zero-order valence-corrected chi connectivity index (χ0v) is 12.9. The van der Waals surface area contributed by atoms with Crippen LogP contribution < -0.4 is 5.32 Å². The van der Waals surface area contributed by atoms with Crippen molar-refractivity contribution in [1.82, 2.24) is 25.1 Å². The van der Waals surface area contributed by atoms with Crippen LogP contribution in [0.25, 0.3) is 5.69 Å². The molecule has 0 spiro atoms. The summed E-state index contributed by atoms with van der Waals surface area (Å²) in [6, 6.07) is 2.06. The zero-order chi connectivity index (χ0) is 14.7. The number of hydrogen-bond acceptors (Lipinski definition) is 4. The van der Waals surface area contributed by atoms with E-state index in [0.29, 0.717) is 5.92 Å². The normalized spacial score (nSPS) is 11.3. The summed E-state index contributed by atoms with van der Waals surface area (Å²) in [4.78, 5) is 9.18. The number of aryl methyl sites for hydroxylation is 2. The van der Waals surface area contributed by atoms with Gasteiger partial charge < -0.3 is 5.32 Å². The van der Waals surface area contributed by atoms with Crippen LogP contribution in [0.5, 0.6) is 0 Å². The van der Waals surface area contributed by atoms with Crippen molar-refractivity contribution in [3.8, 4) is 5.69 Å². The molecule has 5 nitrogen and oxygen atoms in total. The lowest BCUT2D eigenvalue weighted by atomic mass is 10.2. The molecule has 0 saturated heterocycles. The summed E-state index contributed by atoms with van der Waals surface area (Å²) in [5, 5.41) is 7.87. The van der Waals surface area contributed by atoms with E-state index in [0.717, 1.165) is 41.7 Å². The van der Waals surface area contributed by atoms with E-state index in [1.54, 1.807) is 0 Å². The van der Waals surface area contributed by atoms with Gasteiger partial charge in [0, 0.05) is 18.2 Å². The van der Waals surface area contributed by atoms with Gasteiger partial charge in [0.25, 0.3) is 0 Å². The highest BCUT2D eigenvalue weighted by Gasteiger charge is 2.13. The van der Waals surface area contributed by atoms with Crippen LogP contribution in [-0.4, -0.2) is 26.3 Å². The summed E-state index contributed by atoms with van der Waals surface area (Å²) < 4.78 is 1.92. The Morgan fingerprint density at radius 2 is 2.05 bits per heavy atom. The first-order valence-electron chi connectivity index (χ1n) is 7.13. The molecule has 2 aromatic rings. The molecule has 0 bridgehead atoms. The van der Waals surface area contributed by atoms with Crippen LogP contribution in [0.1, 0.15) is 49.6 Å². The van der Waals surface area contributed by atoms with E-state index in [1.807, 2.05) is 24.7 Å². The zero-order valence-electron chi connectivity index (χ0n) is 12.9. The van der Waals surface area contributed by atoms with Crippen molar-refractivity contribution >= 4 is 0 Å². The minimum atomic E-state index is 0.324. The Hall–Kier alpha value is -1.75. The van der Waals surface area contributed by atoms with Crippen molar-refractivity contribution in [2.75, 3.05) is 6.54 Å². The first kappa shape index (κ1) is 14.7. The highest BCUT2D eigenvalue weighted by atomic mass is 15.3. The van der Waals surface area contributed by atoms with Crippen molar-refractivity contribution in [3.63, 3.8) is 0 Å². The molecule has 0 aliphatic rings. The summed E-state index contributed by atoms with van der Waals surface area (Å²) in [7, 11) is 0. The first-order chi connectivity index (χ1) is 9.52. The van der Waals surface area contributed by atoms with E-state index in [9.17, 15) is 0 Å². The quantitative estimate of drug-likeness (QED) is 0.909. The van der Waals surface area contributed by atoms with Crippen molar-refractivity contribution in [2.24, 2.45) is 0 Å². The fraction of sp³-hybridized carbons (Fsp3) is 0.533. The number of aromatic nitrogens is 4. The fourth-order valence-electron chi connectivity index (χ4n) is 2.13. The second-order valence-electron chi connectivity index (χ2n) is 5.33. The van der Waals surface area contributed by atoms with Crippen LogP contribution in [0.4, 0.5) is 0 Å². The molecule has 2 rings (SSSR count).